The fraction of sp³-hybridized carbons (Fsp3) is 0.393. The molecular weight excluding hydrogens is 949 g/mol. The van der Waals surface area contributed by atoms with Crippen LogP contribution in [-0.2, 0) is 23.6 Å². The van der Waals surface area contributed by atoms with Gasteiger partial charge < -0.3 is 19.7 Å². The Morgan fingerprint density at radius 3 is 1.52 bits per heavy atom. The lowest BCUT2D eigenvalue weighted by Crippen LogP contribution is -2.40. The highest BCUT2D eigenvalue weighted by Gasteiger charge is 2.48. The topological polar surface area (TPSA) is 112 Å². The fourth-order valence-electron chi connectivity index (χ4n) is 11.1. The average Bonchev–Trinajstić information content (AvgIpc) is 3.94. The number of thioether (sulfide) groups is 1. The van der Waals surface area contributed by atoms with Crippen molar-refractivity contribution in [2.75, 3.05) is 24.4 Å². The van der Waals surface area contributed by atoms with Gasteiger partial charge in [0.15, 0.2) is 29.1 Å². The first-order valence-electron chi connectivity index (χ1n) is 23.2. The minimum absolute atomic E-state index is 0. The van der Waals surface area contributed by atoms with E-state index in [2.05, 4.69) is 36.2 Å². The number of aromatic nitrogens is 4. The van der Waals surface area contributed by atoms with Crippen LogP contribution >= 0.6 is 11.8 Å². The van der Waals surface area contributed by atoms with E-state index >= 15 is 0 Å². The molecule has 2 N–H and O–H groups in total. The predicted molar refractivity (Wildman–Crippen MR) is 276 cm³/mol. The van der Waals surface area contributed by atoms with Crippen molar-refractivity contribution >= 4 is 34.7 Å². The van der Waals surface area contributed by atoms with E-state index in [4.69, 9.17) is 9.47 Å². The maximum atomic E-state index is 14.3. The van der Waals surface area contributed by atoms with E-state index in [1.807, 2.05) is 28.0 Å². The molecule has 0 spiro atoms. The molecule has 378 valence electrons. The Morgan fingerprint density at radius 2 is 1.11 bits per heavy atom. The third-order valence-electron chi connectivity index (χ3n) is 14.7. The van der Waals surface area contributed by atoms with Gasteiger partial charge in [0, 0.05) is 6.26 Å². The smallest absolute Gasteiger partial charge is 0.165 e. The Balaban J connectivity index is 0.000000203. The van der Waals surface area contributed by atoms with Crippen LogP contribution in [-0.4, -0.2) is 58.4 Å². The number of rotatable bonds is 12. The van der Waals surface area contributed by atoms with Crippen LogP contribution < -0.4 is 9.47 Å². The minimum atomic E-state index is -1.23. The molecule has 4 aromatic carbocycles. The van der Waals surface area contributed by atoms with Crippen molar-refractivity contribution in [3.8, 4) is 22.9 Å². The van der Waals surface area contributed by atoms with E-state index in [1.54, 1.807) is 42.5 Å². The Labute approximate surface area is 421 Å². The normalized spacial score (nSPS) is 22.2. The molecule has 0 radical (unpaired) electrons. The van der Waals surface area contributed by atoms with Crippen LogP contribution in [0, 0.1) is 45.9 Å². The van der Waals surface area contributed by atoms with Crippen LogP contribution in [0.15, 0.2) is 108 Å². The second-order valence-corrected chi connectivity index (χ2v) is 21.3. The number of hydrogen-bond donors (Lipinski definition) is 2. The highest BCUT2D eigenvalue weighted by molar-refractivity contribution is 7.98. The first-order valence-corrected chi connectivity index (χ1v) is 26.4. The van der Waals surface area contributed by atoms with Crippen LogP contribution in [0.2, 0.25) is 0 Å². The summed E-state index contributed by atoms with van der Waals surface area (Å²) < 4.78 is 81.3. The Kier molecular flexibility index (Phi) is 16.6. The lowest BCUT2D eigenvalue weighted by atomic mass is 9.57. The molecule has 0 amide bonds. The number of allylic oxidation sites excluding steroid dienone is 2. The van der Waals surface area contributed by atoms with Gasteiger partial charge in [-0.25, -0.2) is 26.9 Å². The van der Waals surface area contributed by atoms with E-state index in [0.717, 1.165) is 85.3 Å². The number of benzene rings is 4. The van der Waals surface area contributed by atoms with Crippen LogP contribution in [0.25, 0.3) is 23.5 Å². The third-order valence-corrected chi connectivity index (χ3v) is 15.6. The summed E-state index contributed by atoms with van der Waals surface area (Å²) in [7, 11) is -1.23. The summed E-state index contributed by atoms with van der Waals surface area (Å²) in [4.78, 5) is 0. The van der Waals surface area contributed by atoms with Gasteiger partial charge in [0.2, 0.25) is 0 Å². The molecule has 0 aliphatic heterocycles. The molecule has 15 heteroatoms. The minimum Gasteiger partial charge on any atom is -0.480 e. The lowest BCUT2D eigenvalue weighted by molar-refractivity contribution is 0.0213. The first-order chi connectivity index (χ1) is 33.2. The molecule has 2 fully saturated rings. The highest BCUT2D eigenvalue weighted by Crippen LogP contribution is 2.56. The Bertz CT molecular complexity index is 2920. The van der Waals surface area contributed by atoms with Crippen molar-refractivity contribution in [3.05, 3.63) is 165 Å². The van der Waals surface area contributed by atoms with E-state index in [-0.39, 0.29) is 66.6 Å². The molecular formula is C56H64F4N4O5S2. The summed E-state index contributed by atoms with van der Waals surface area (Å²) in [5.74, 6) is -1.21. The van der Waals surface area contributed by atoms with Crippen molar-refractivity contribution in [1.29, 1.82) is 0 Å². The molecule has 71 heavy (non-hydrogen) atoms. The third kappa shape index (κ3) is 10.7. The summed E-state index contributed by atoms with van der Waals surface area (Å²) in [6.45, 7) is 4.41. The number of nitrogens with zero attached hydrogens (tertiary/aromatic N) is 4. The average molecular weight is 1010 g/mol. The quantitative estimate of drug-likeness (QED) is 0.0921. The Morgan fingerprint density at radius 1 is 0.690 bits per heavy atom. The van der Waals surface area contributed by atoms with Crippen LogP contribution in [0.3, 0.4) is 0 Å². The van der Waals surface area contributed by atoms with Crippen molar-refractivity contribution in [2.24, 2.45) is 22.7 Å². The SMILES string of the molecule is C.C.CS(=O)COc1cc([C@H](O)[C@H]2CCCC3=Cc4c(cnn4-c4ccc(F)cc4)C[C@@]32C)ccc1F.CSCOc1cc([C@H](O)[C@H]2CCCC3=Cc4c(cnn4-c4ccc(F)cc4)C[C@@]32C)ccc1F. The fourth-order valence-corrected chi connectivity index (χ4v) is 11.6. The molecule has 4 aliphatic rings. The van der Waals surface area contributed by atoms with E-state index < -0.39 is 34.6 Å². The predicted octanol–water partition coefficient (Wildman–Crippen LogP) is 12.9. The molecule has 0 saturated heterocycles. The van der Waals surface area contributed by atoms with E-state index in [1.165, 1.54) is 71.6 Å². The molecule has 0 bridgehead atoms. The second kappa shape index (κ2) is 22.1. The van der Waals surface area contributed by atoms with Crippen molar-refractivity contribution in [3.63, 3.8) is 0 Å². The number of ether oxygens (including phenoxy) is 2. The largest absolute Gasteiger partial charge is 0.480 e. The summed E-state index contributed by atoms with van der Waals surface area (Å²) >= 11 is 1.47. The van der Waals surface area contributed by atoms with Crippen LogP contribution in [0.5, 0.6) is 11.5 Å². The second-order valence-electron chi connectivity index (χ2n) is 19.1. The molecule has 1 unspecified atom stereocenters. The number of halogens is 4. The van der Waals surface area contributed by atoms with Crippen LogP contribution in [0.4, 0.5) is 17.6 Å². The molecule has 2 aromatic heterocycles. The molecule has 2 saturated carbocycles. The molecule has 2 heterocycles. The van der Waals surface area contributed by atoms with Gasteiger partial charge in [-0.15, -0.1) is 11.8 Å². The van der Waals surface area contributed by atoms with Gasteiger partial charge in [-0.05, 0) is 187 Å². The van der Waals surface area contributed by atoms with Gasteiger partial charge in [0.25, 0.3) is 0 Å². The van der Waals surface area contributed by atoms with Crippen molar-refractivity contribution in [2.45, 2.75) is 92.3 Å². The number of aliphatic hydroxyl groups excluding tert-OH is 2. The number of aliphatic hydroxyl groups is 2. The molecule has 4 aliphatic carbocycles. The molecule has 9 nitrogen and oxygen atoms in total. The molecule has 7 atom stereocenters. The standard InChI is InChI=1S/C27H28F2N2O3S.C27H28F2N2O2S.2CH4/c1-27-14-18-15-30-31(21-9-7-20(28)8-10-21)24(18)13-19(27)4-3-5-22(27)26(32)17-6-11-23(29)25(12-17)34-16-35(2)33;1-27-14-18-15-30-31(21-9-7-20(28)8-10-21)24(18)13-19(27)4-3-5-22(27)26(32)17-6-11-23(29)25(12-17)33-16-34-2;;/h6-13,15,22,26,32H,3-5,14,16H2,1-2H3;6-13,15,22,26,32H,3-5,14,16H2,1-2H3;2*1H4/t22-,26+,27+,35?;22-,26+,27+;;/m11../s1. The first kappa shape index (κ1) is 53.3. The zero-order chi connectivity index (χ0) is 48.6. The monoisotopic (exact) mass is 1010 g/mol. The van der Waals surface area contributed by atoms with Gasteiger partial charge in [-0.3, -0.25) is 4.21 Å². The molecule has 10 rings (SSSR count). The maximum absolute atomic E-state index is 14.3. The summed E-state index contributed by atoms with van der Waals surface area (Å²) in [5.41, 5.74) is 9.09. The van der Waals surface area contributed by atoms with Gasteiger partial charge in [-0.1, -0.05) is 52.0 Å². The zero-order valence-electron chi connectivity index (χ0n) is 39.0. The van der Waals surface area contributed by atoms with Crippen molar-refractivity contribution < 1.29 is 41.5 Å². The highest BCUT2D eigenvalue weighted by atomic mass is 32.2. The lowest BCUT2D eigenvalue weighted by Gasteiger charge is -2.47. The maximum Gasteiger partial charge on any atom is 0.165 e. The Hall–Kier alpha value is -5.48. The van der Waals surface area contributed by atoms with Crippen molar-refractivity contribution in [1.82, 2.24) is 19.6 Å². The van der Waals surface area contributed by atoms with Gasteiger partial charge in [0.05, 0.1) is 58.2 Å². The van der Waals surface area contributed by atoms with E-state index in [0.29, 0.717) is 17.1 Å². The van der Waals surface area contributed by atoms with Gasteiger partial charge in [-0.2, -0.15) is 10.2 Å². The summed E-state index contributed by atoms with van der Waals surface area (Å²) in [6, 6.07) is 21.7. The molecule has 6 aromatic rings. The zero-order valence-corrected chi connectivity index (χ0v) is 40.6. The summed E-state index contributed by atoms with van der Waals surface area (Å²) in [5, 5.41) is 32.1. The number of hydrogen-bond acceptors (Lipinski definition) is 8. The van der Waals surface area contributed by atoms with E-state index in [9.17, 15) is 32.0 Å². The van der Waals surface area contributed by atoms with Gasteiger partial charge in [0.1, 0.15) is 17.6 Å². The van der Waals surface area contributed by atoms with Gasteiger partial charge >= 0.3 is 0 Å². The number of fused-ring (bicyclic) bond motifs is 4. The summed E-state index contributed by atoms with van der Waals surface area (Å²) in [6.07, 6.45) is 16.9. The van der Waals surface area contributed by atoms with Crippen LogP contribution in [0.1, 0.15) is 113 Å².